The van der Waals surface area contributed by atoms with E-state index in [-0.39, 0.29) is 11.3 Å². The van der Waals surface area contributed by atoms with Crippen LogP contribution in [-0.2, 0) is 21.5 Å². The van der Waals surface area contributed by atoms with E-state index in [1.165, 1.54) is 5.56 Å². The van der Waals surface area contributed by atoms with Gasteiger partial charge in [-0.05, 0) is 67.6 Å². The number of carbonyl (C=O) groups is 1. The van der Waals surface area contributed by atoms with Gasteiger partial charge < -0.3 is 19.5 Å². The van der Waals surface area contributed by atoms with Gasteiger partial charge in [-0.25, -0.2) is 0 Å². The first-order chi connectivity index (χ1) is 16.2. The summed E-state index contributed by atoms with van der Waals surface area (Å²) >= 11 is 0. The largest absolute Gasteiger partial charge is 0.492 e. The molecule has 1 aliphatic heterocycles. The van der Waals surface area contributed by atoms with Crippen molar-refractivity contribution in [2.45, 2.75) is 64.6 Å². The lowest BCUT2D eigenvalue weighted by Crippen LogP contribution is -2.38. The van der Waals surface area contributed by atoms with Crippen molar-refractivity contribution in [1.29, 1.82) is 0 Å². The minimum absolute atomic E-state index is 0.0838. The Labute approximate surface area is 204 Å². The standard InChI is InChI=1S/C28H40N2O4/c1-21(34-25-11-9-23(10-12-25)28(2,3)4)27(31)29-20-22-7-6-8-26(19-22)33-18-15-30(5)24-13-16-32-17-14-24/h6-12,19,21,24H,13-18,20H2,1-5H3,(H,29,31). The summed E-state index contributed by atoms with van der Waals surface area (Å²) in [4.78, 5) is 14.9. The van der Waals surface area contributed by atoms with E-state index in [9.17, 15) is 4.79 Å². The van der Waals surface area contributed by atoms with Crippen LogP contribution in [0.15, 0.2) is 48.5 Å². The Bertz CT molecular complexity index is 901. The molecule has 6 heteroatoms. The third-order valence-electron chi connectivity index (χ3n) is 6.29. The van der Waals surface area contributed by atoms with Crippen LogP contribution >= 0.6 is 0 Å². The molecule has 1 N–H and O–H groups in total. The van der Waals surface area contributed by atoms with Gasteiger partial charge in [0.2, 0.25) is 0 Å². The van der Waals surface area contributed by atoms with Crippen molar-refractivity contribution in [3.05, 3.63) is 59.7 Å². The molecular weight excluding hydrogens is 428 g/mol. The van der Waals surface area contributed by atoms with Crippen molar-refractivity contribution in [3.63, 3.8) is 0 Å². The van der Waals surface area contributed by atoms with E-state index < -0.39 is 6.10 Å². The molecule has 2 aromatic carbocycles. The van der Waals surface area contributed by atoms with E-state index in [0.29, 0.717) is 24.9 Å². The van der Waals surface area contributed by atoms with Crippen molar-refractivity contribution in [2.75, 3.05) is 33.4 Å². The maximum atomic E-state index is 12.5. The Hall–Kier alpha value is -2.57. The molecule has 1 amide bonds. The highest BCUT2D eigenvalue weighted by Gasteiger charge is 2.18. The van der Waals surface area contributed by atoms with E-state index in [0.717, 1.165) is 43.9 Å². The van der Waals surface area contributed by atoms with Crippen molar-refractivity contribution in [2.24, 2.45) is 0 Å². The predicted octanol–water partition coefficient (Wildman–Crippen LogP) is 4.56. The van der Waals surface area contributed by atoms with Gasteiger partial charge in [-0.15, -0.1) is 0 Å². The Kier molecular flexibility index (Phi) is 9.36. The SMILES string of the molecule is CC(Oc1ccc(C(C)(C)C)cc1)C(=O)NCc1cccc(OCCN(C)C2CCOCC2)c1. The second-order valence-electron chi connectivity index (χ2n) is 10.1. The maximum Gasteiger partial charge on any atom is 0.261 e. The summed E-state index contributed by atoms with van der Waals surface area (Å²) in [6, 6.07) is 16.4. The molecule has 0 aromatic heterocycles. The minimum Gasteiger partial charge on any atom is -0.492 e. The van der Waals surface area contributed by atoms with E-state index in [2.05, 4.69) is 38.0 Å². The van der Waals surface area contributed by atoms with Crippen LogP contribution in [0.25, 0.3) is 0 Å². The molecule has 0 saturated carbocycles. The Morgan fingerprint density at radius 3 is 2.50 bits per heavy atom. The second-order valence-corrected chi connectivity index (χ2v) is 10.1. The molecule has 1 saturated heterocycles. The highest BCUT2D eigenvalue weighted by Crippen LogP contribution is 2.24. The van der Waals surface area contributed by atoms with Gasteiger partial charge in [-0.1, -0.05) is 45.0 Å². The van der Waals surface area contributed by atoms with Gasteiger partial charge in [-0.2, -0.15) is 0 Å². The van der Waals surface area contributed by atoms with Crippen LogP contribution in [0.1, 0.15) is 51.7 Å². The number of nitrogens with zero attached hydrogens (tertiary/aromatic N) is 1. The lowest BCUT2D eigenvalue weighted by molar-refractivity contribution is -0.127. The summed E-state index contributed by atoms with van der Waals surface area (Å²) in [6.07, 6.45) is 1.58. The van der Waals surface area contributed by atoms with Crippen molar-refractivity contribution < 1.29 is 19.0 Å². The fourth-order valence-corrected chi connectivity index (χ4v) is 3.99. The molecule has 3 rings (SSSR count). The molecule has 34 heavy (non-hydrogen) atoms. The van der Waals surface area contributed by atoms with Crippen LogP contribution in [0, 0.1) is 0 Å². The molecule has 1 atom stereocenters. The van der Waals surface area contributed by atoms with Crippen LogP contribution < -0.4 is 14.8 Å². The zero-order chi connectivity index (χ0) is 24.6. The number of hydrogen-bond donors (Lipinski definition) is 1. The van der Waals surface area contributed by atoms with Gasteiger partial charge in [0, 0.05) is 32.3 Å². The highest BCUT2D eigenvalue weighted by atomic mass is 16.5. The topological polar surface area (TPSA) is 60.0 Å². The summed E-state index contributed by atoms with van der Waals surface area (Å²) in [5.74, 6) is 1.36. The number of nitrogens with one attached hydrogen (secondary N) is 1. The Morgan fingerprint density at radius 1 is 1.12 bits per heavy atom. The first-order valence-corrected chi connectivity index (χ1v) is 12.3. The molecule has 1 fully saturated rings. The molecule has 6 nitrogen and oxygen atoms in total. The summed E-state index contributed by atoms with van der Waals surface area (Å²) in [7, 11) is 2.15. The van der Waals surface area contributed by atoms with Gasteiger partial charge in [-0.3, -0.25) is 9.69 Å². The fraction of sp³-hybridized carbons (Fsp3) is 0.536. The van der Waals surface area contributed by atoms with Crippen molar-refractivity contribution in [1.82, 2.24) is 10.2 Å². The molecule has 1 heterocycles. The Balaban J connectivity index is 1.42. The first kappa shape index (κ1) is 26.0. The maximum absolute atomic E-state index is 12.5. The van der Waals surface area contributed by atoms with Crippen molar-refractivity contribution in [3.8, 4) is 11.5 Å². The number of ether oxygens (including phenoxy) is 3. The quantitative estimate of drug-likeness (QED) is 0.554. The van der Waals surface area contributed by atoms with Gasteiger partial charge in [0.05, 0.1) is 0 Å². The van der Waals surface area contributed by atoms with Gasteiger partial charge in [0.25, 0.3) is 5.91 Å². The normalized spacial score (nSPS) is 15.7. The van der Waals surface area contributed by atoms with Gasteiger partial charge in [0.15, 0.2) is 6.10 Å². The smallest absolute Gasteiger partial charge is 0.261 e. The molecule has 1 unspecified atom stereocenters. The predicted molar refractivity (Wildman–Crippen MR) is 135 cm³/mol. The lowest BCUT2D eigenvalue weighted by atomic mass is 9.87. The molecule has 186 valence electrons. The summed E-state index contributed by atoms with van der Waals surface area (Å²) in [5, 5.41) is 2.96. The van der Waals surface area contributed by atoms with Crippen LogP contribution in [0.5, 0.6) is 11.5 Å². The van der Waals surface area contributed by atoms with Crippen LogP contribution in [-0.4, -0.2) is 56.4 Å². The fourth-order valence-electron chi connectivity index (χ4n) is 3.99. The molecular formula is C28H40N2O4. The summed E-state index contributed by atoms with van der Waals surface area (Å²) in [6.45, 7) is 11.9. The van der Waals surface area contributed by atoms with Gasteiger partial charge >= 0.3 is 0 Å². The molecule has 0 aliphatic carbocycles. The second kappa shape index (κ2) is 12.2. The number of rotatable bonds is 10. The van der Waals surface area contributed by atoms with E-state index in [1.807, 2.05) is 48.5 Å². The molecule has 0 spiro atoms. The first-order valence-electron chi connectivity index (χ1n) is 12.3. The van der Waals surface area contributed by atoms with Crippen LogP contribution in [0.2, 0.25) is 0 Å². The number of benzene rings is 2. The highest BCUT2D eigenvalue weighted by molar-refractivity contribution is 5.80. The number of carbonyl (C=O) groups excluding carboxylic acids is 1. The monoisotopic (exact) mass is 468 g/mol. The van der Waals surface area contributed by atoms with E-state index in [4.69, 9.17) is 14.2 Å². The number of hydrogen-bond acceptors (Lipinski definition) is 5. The average molecular weight is 469 g/mol. The zero-order valence-electron chi connectivity index (χ0n) is 21.3. The van der Waals surface area contributed by atoms with E-state index >= 15 is 0 Å². The summed E-state index contributed by atoms with van der Waals surface area (Å²) < 4.78 is 17.2. The molecule has 0 radical (unpaired) electrons. The van der Waals surface area contributed by atoms with Crippen molar-refractivity contribution >= 4 is 5.91 Å². The van der Waals surface area contributed by atoms with E-state index in [1.54, 1.807) is 6.92 Å². The molecule has 0 bridgehead atoms. The third-order valence-corrected chi connectivity index (χ3v) is 6.29. The molecule has 1 aliphatic rings. The Morgan fingerprint density at radius 2 is 1.82 bits per heavy atom. The third kappa shape index (κ3) is 8.03. The summed E-state index contributed by atoms with van der Waals surface area (Å²) in [5.41, 5.74) is 2.31. The zero-order valence-corrected chi connectivity index (χ0v) is 21.3. The molecule has 2 aromatic rings. The number of amides is 1. The average Bonchev–Trinajstić information content (AvgIpc) is 2.83. The number of likely N-dealkylation sites (N-methyl/N-ethyl adjacent to an activating group) is 1. The van der Waals surface area contributed by atoms with Gasteiger partial charge in [0.1, 0.15) is 18.1 Å². The lowest BCUT2D eigenvalue weighted by Gasteiger charge is -2.31. The minimum atomic E-state index is -0.583. The van der Waals surface area contributed by atoms with Crippen LogP contribution in [0.4, 0.5) is 0 Å². The van der Waals surface area contributed by atoms with Crippen LogP contribution in [0.3, 0.4) is 0 Å².